The highest BCUT2D eigenvalue weighted by atomic mass is 28.1. The van der Waals surface area contributed by atoms with Gasteiger partial charge in [0.05, 0.1) is 0 Å². The lowest BCUT2D eigenvalue weighted by atomic mass is 10.2. The fraction of sp³-hybridized carbons (Fsp3) is 0.222. The zero-order valence-corrected chi connectivity index (χ0v) is 9.33. The molecule has 0 radical (unpaired) electrons. The standard InChI is InChI=1S/C9H12O2Si/c1-7(10)11-6-8-4-2-3-5-9(8)12/h2-5H,6H2,1,12H3. The molecule has 0 spiro atoms. The van der Waals surface area contributed by atoms with E-state index >= 15 is 0 Å². The monoisotopic (exact) mass is 180 g/mol. The Morgan fingerprint density at radius 1 is 1.50 bits per heavy atom. The topological polar surface area (TPSA) is 26.3 Å². The second kappa shape index (κ2) is 4.06. The molecule has 1 rings (SSSR count). The average molecular weight is 180 g/mol. The molecule has 0 fully saturated rings. The summed E-state index contributed by atoms with van der Waals surface area (Å²) in [5, 5.41) is 1.29. The largest absolute Gasteiger partial charge is 0.461 e. The number of esters is 1. The van der Waals surface area contributed by atoms with Crippen molar-refractivity contribution in [2.24, 2.45) is 0 Å². The van der Waals surface area contributed by atoms with Crippen LogP contribution in [-0.4, -0.2) is 16.2 Å². The van der Waals surface area contributed by atoms with Crippen molar-refractivity contribution in [2.45, 2.75) is 13.5 Å². The first kappa shape index (κ1) is 9.00. The van der Waals surface area contributed by atoms with Crippen molar-refractivity contribution in [3.8, 4) is 0 Å². The SMILES string of the molecule is CC(=O)OCc1ccccc1[SiH3]. The zero-order valence-electron chi connectivity index (χ0n) is 7.33. The highest BCUT2D eigenvalue weighted by Gasteiger charge is 1.97. The maximum absolute atomic E-state index is 10.5. The Hall–Kier alpha value is -1.09. The third-order valence-electron chi connectivity index (χ3n) is 1.69. The molecule has 0 aliphatic carbocycles. The van der Waals surface area contributed by atoms with Crippen LogP contribution >= 0.6 is 0 Å². The van der Waals surface area contributed by atoms with Gasteiger partial charge in [-0.15, -0.1) is 0 Å². The number of carbonyl (C=O) groups is 1. The van der Waals surface area contributed by atoms with Gasteiger partial charge in [-0.3, -0.25) is 4.79 Å². The first-order valence-electron chi connectivity index (χ1n) is 3.88. The lowest BCUT2D eigenvalue weighted by Crippen LogP contribution is -2.11. The number of carbonyl (C=O) groups excluding carboxylic acids is 1. The van der Waals surface area contributed by atoms with Crippen LogP contribution < -0.4 is 5.19 Å². The number of ether oxygens (including phenoxy) is 1. The maximum Gasteiger partial charge on any atom is 0.302 e. The molecule has 0 aliphatic rings. The van der Waals surface area contributed by atoms with E-state index < -0.39 is 0 Å². The first-order valence-corrected chi connectivity index (χ1v) is 4.88. The van der Waals surface area contributed by atoms with E-state index in [2.05, 4.69) is 6.07 Å². The zero-order chi connectivity index (χ0) is 8.97. The Balaban J connectivity index is 2.63. The molecule has 3 heteroatoms. The second-order valence-electron chi connectivity index (χ2n) is 2.71. The molecule has 0 heterocycles. The summed E-state index contributed by atoms with van der Waals surface area (Å²) in [6.45, 7) is 1.84. The lowest BCUT2D eigenvalue weighted by Gasteiger charge is -2.04. The summed E-state index contributed by atoms with van der Waals surface area (Å²) in [6.07, 6.45) is 0. The highest BCUT2D eigenvalue weighted by molar-refractivity contribution is 6.33. The molecule has 0 saturated heterocycles. The van der Waals surface area contributed by atoms with Crippen LogP contribution in [0.25, 0.3) is 0 Å². The molecule has 12 heavy (non-hydrogen) atoms. The lowest BCUT2D eigenvalue weighted by molar-refractivity contribution is -0.142. The van der Waals surface area contributed by atoms with Crippen LogP contribution in [0.4, 0.5) is 0 Å². The minimum atomic E-state index is -0.222. The molecular weight excluding hydrogens is 168 g/mol. The fourth-order valence-electron chi connectivity index (χ4n) is 0.951. The predicted octanol–water partition coefficient (Wildman–Crippen LogP) is -0.260. The van der Waals surface area contributed by atoms with Crippen LogP contribution in [0, 0.1) is 0 Å². The van der Waals surface area contributed by atoms with Gasteiger partial charge in [0.1, 0.15) is 6.61 Å². The van der Waals surface area contributed by atoms with Gasteiger partial charge >= 0.3 is 5.97 Å². The van der Waals surface area contributed by atoms with Gasteiger partial charge in [0, 0.05) is 17.2 Å². The van der Waals surface area contributed by atoms with Crippen molar-refractivity contribution >= 4 is 21.4 Å². The summed E-state index contributed by atoms with van der Waals surface area (Å²) >= 11 is 0. The number of rotatable bonds is 2. The van der Waals surface area contributed by atoms with Gasteiger partial charge in [0.2, 0.25) is 0 Å². The minimum absolute atomic E-state index is 0.222. The molecule has 0 aromatic heterocycles. The molecule has 1 aromatic rings. The normalized spacial score (nSPS) is 9.75. The third-order valence-corrected chi connectivity index (χ3v) is 2.67. The molecule has 0 N–H and O–H groups in total. The van der Waals surface area contributed by atoms with Gasteiger partial charge < -0.3 is 4.74 Å². The summed E-state index contributed by atoms with van der Waals surface area (Å²) in [6, 6.07) is 8.01. The second-order valence-corrected chi connectivity index (χ2v) is 3.78. The Bertz CT molecular complexity index is 284. The Morgan fingerprint density at radius 2 is 2.17 bits per heavy atom. The van der Waals surface area contributed by atoms with E-state index in [-0.39, 0.29) is 5.97 Å². The Labute approximate surface area is 75.0 Å². The van der Waals surface area contributed by atoms with Gasteiger partial charge in [-0.1, -0.05) is 29.5 Å². The molecular formula is C9H12O2Si. The van der Waals surface area contributed by atoms with Crippen LogP contribution in [0.5, 0.6) is 0 Å². The highest BCUT2D eigenvalue weighted by Crippen LogP contribution is 1.96. The molecule has 0 amide bonds. The van der Waals surface area contributed by atoms with E-state index in [1.807, 2.05) is 18.2 Å². The van der Waals surface area contributed by atoms with Crippen molar-refractivity contribution in [3.05, 3.63) is 29.8 Å². The van der Waals surface area contributed by atoms with Gasteiger partial charge in [0.15, 0.2) is 0 Å². The molecule has 1 aromatic carbocycles. The summed E-state index contributed by atoms with van der Waals surface area (Å²) in [5.41, 5.74) is 1.12. The van der Waals surface area contributed by atoms with Gasteiger partial charge in [0.25, 0.3) is 0 Å². The summed E-state index contributed by atoms with van der Waals surface area (Å²) in [4.78, 5) is 10.5. The van der Waals surface area contributed by atoms with Gasteiger partial charge in [-0.05, 0) is 5.56 Å². The predicted molar refractivity (Wildman–Crippen MR) is 51.5 cm³/mol. The first-order chi connectivity index (χ1) is 5.70. The van der Waals surface area contributed by atoms with Crippen molar-refractivity contribution in [1.82, 2.24) is 0 Å². The van der Waals surface area contributed by atoms with Crippen LogP contribution in [0.1, 0.15) is 12.5 Å². The van der Waals surface area contributed by atoms with Crippen LogP contribution in [0.15, 0.2) is 24.3 Å². The van der Waals surface area contributed by atoms with Crippen LogP contribution in [-0.2, 0) is 16.1 Å². The summed E-state index contributed by atoms with van der Waals surface area (Å²) in [5.74, 6) is -0.222. The molecule has 0 unspecified atom stereocenters. The van der Waals surface area contributed by atoms with E-state index in [1.54, 1.807) is 0 Å². The number of hydrogen-bond acceptors (Lipinski definition) is 2. The fourth-order valence-corrected chi connectivity index (χ4v) is 1.45. The van der Waals surface area contributed by atoms with Crippen molar-refractivity contribution < 1.29 is 9.53 Å². The maximum atomic E-state index is 10.5. The van der Waals surface area contributed by atoms with E-state index in [0.29, 0.717) is 6.61 Å². The summed E-state index contributed by atoms with van der Waals surface area (Å²) in [7, 11) is 0.994. The molecule has 0 aliphatic heterocycles. The third kappa shape index (κ3) is 2.51. The van der Waals surface area contributed by atoms with E-state index in [0.717, 1.165) is 15.8 Å². The smallest absolute Gasteiger partial charge is 0.302 e. The van der Waals surface area contributed by atoms with E-state index in [4.69, 9.17) is 4.74 Å². The quantitative estimate of drug-likeness (QED) is 0.463. The van der Waals surface area contributed by atoms with Crippen molar-refractivity contribution in [1.29, 1.82) is 0 Å². The molecule has 0 saturated carbocycles. The number of benzene rings is 1. The van der Waals surface area contributed by atoms with Crippen molar-refractivity contribution in [2.75, 3.05) is 0 Å². The van der Waals surface area contributed by atoms with E-state index in [1.165, 1.54) is 12.1 Å². The van der Waals surface area contributed by atoms with E-state index in [9.17, 15) is 4.79 Å². The van der Waals surface area contributed by atoms with Crippen LogP contribution in [0.3, 0.4) is 0 Å². The Kier molecular flexibility index (Phi) is 3.05. The minimum Gasteiger partial charge on any atom is -0.461 e. The van der Waals surface area contributed by atoms with Crippen molar-refractivity contribution in [3.63, 3.8) is 0 Å². The van der Waals surface area contributed by atoms with Gasteiger partial charge in [-0.2, -0.15) is 0 Å². The Morgan fingerprint density at radius 3 is 2.75 bits per heavy atom. The molecule has 2 nitrogen and oxygen atoms in total. The molecule has 0 atom stereocenters. The summed E-state index contributed by atoms with van der Waals surface area (Å²) < 4.78 is 4.89. The number of hydrogen-bond donors (Lipinski definition) is 0. The average Bonchev–Trinajstić information content (AvgIpc) is 2.03. The van der Waals surface area contributed by atoms with Gasteiger partial charge in [-0.25, -0.2) is 0 Å². The molecule has 64 valence electrons. The molecule has 0 bridgehead atoms. The van der Waals surface area contributed by atoms with Crippen LogP contribution in [0.2, 0.25) is 0 Å².